The van der Waals surface area contributed by atoms with Crippen LogP contribution >= 0.6 is 11.8 Å². The monoisotopic (exact) mass is 422 g/mol. The molecule has 1 aliphatic rings. The predicted octanol–water partition coefficient (Wildman–Crippen LogP) is 3.14. The minimum absolute atomic E-state index is 0.0565. The topological polar surface area (TPSA) is 85.2 Å². The molecule has 2 atom stereocenters. The third kappa shape index (κ3) is 4.04. The number of hydrogen-bond donors (Lipinski definition) is 2. The van der Waals surface area contributed by atoms with E-state index in [1.165, 1.54) is 11.8 Å². The highest BCUT2D eigenvalue weighted by Crippen LogP contribution is 2.37. The van der Waals surface area contributed by atoms with Crippen LogP contribution < -0.4 is 15.4 Å². The molecule has 3 aromatic rings. The number of aromatic nitrogens is 2. The molecule has 0 saturated carbocycles. The molecule has 0 fully saturated rings. The van der Waals surface area contributed by atoms with Crippen LogP contribution in [-0.4, -0.2) is 33.7 Å². The van der Waals surface area contributed by atoms with E-state index in [0.29, 0.717) is 11.6 Å². The molecule has 0 spiro atoms. The van der Waals surface area contributed by atoms with Crippen LogP contribution in [0.25, 0.3) is 0 Å². The fourth-order valence-electron chi connectivity index (χ4n) is 3.46. The molecular formula is C22H22N4O3S. The lowest BCUT2D eigenvalue weighted by Gasteiger charge is -2.25. The standard InChI is InChI=1S/C22H22N4O3S/c1-26-12-11-23-21(26)20(14-7-3-5-9-16(14)29-2)25-19(27)13-18-22(28)24-15-8-4-6-10-17(15)30-18/h3-12,18,20H,13H2,1-2H3,(H,24,28)(H,25,27)/t18-,20+/m1/s1. The molecule has 0 unspecified atom stereocenters. The molecule has 154 valence electrons. The maximum atomic E-state index is 13.0. The molecule has 8 heteroatoms. The van der Waals surface area contributed by atoms with Crippen molar-refractivity contribution in [2.45, 2.75) is 22.6 Å². The molecule has 2 aromatic carbocycles. The maximum Gasteiger partial charge on any atom is 0.238 e. The van der Waals surface area contributed by atoms with Crippen molar-refractivity contribution in [1.29, 1.82) is 0 Å². The van der Waals surface area contributed by atoms with E-state index in [9.17, 15) is 9.59 Å². The van der Waals surface area contributed by atoms with Gasteiger partial charge in [0.2, 0.25) is 11.8 Å². The fourth-order valence-corrected chi connectivity index (χ4v) is 4.57. The summed E-state index contributed by atoms with van der Waals surface area (Å²) in [6.07, 6.45) is 3.57. The van der Waals surface area contributed by atoms with Crippen molar-refractivity contribution >= 4 is 29.3 Å². The van der Waals surface area contributed by atoms with Crippen molar-refractivity contribution in [3.63, 3.8) is 0 Å². The molecule has 1 aromatic heterocycles. The van der Waals surface area contributed by atoms with E-state index in [1.54, 1.807) is 13.3 Å². The number of anilines is 1. The van der Waals surface area contributed by atoms with Gasteiger partial charge in [-0.15, -0.1) is 11.8 Å². The molecule has 0 radical (unpaired) electrons. The molecule has 2 amide bonds. The van der Waals surface area contributed by atoms with Gasteiger partial charge in [-0.2, -0.15) is 0 Å². The van der Waals surface area contributed by atoms with Gasteiger partial charge in [-0.3, -0.25) is 9.59 Å². The summed E-state index contributed by atoms with van der Waals surface area (Å²) >= 11 is 1.41. The molecule has 7 nitrogen and oxygen atoms in total. The summed E-state index contributed by atoms with van der Waals surface area (Å²) in [5.41, 5.74) is 1.58. The number of methoxy groups -OCH3 is 1. The van der Waals surface area contributed by atoms with Gasteiger partial charge < -0.3 is 19.9 Å². The number of amides is 2. The van der Waals surface area contributed by atoms with Gasteiger partial charge in [-0.05, 0) is 18.2 Å². The first-order valence-corrected chi connectivity index (χ1v) is 10.4. The van der Waals surface area contributed by atoms with E-state index in [2.05, 4.69) is 15.6 Å². The van der Waals surface area contributed by atoms with Gasteiger partial charge in [0.25, 0.3) is 0 Å². The fraction of sp³-hybridized carbons (Fsp3) is 0.227. The van der Waals surface area contributed by atoms with E-state index >= 15 is 0 Å². The number of ether oxygens (including phenoxy) is 1. The molecular weight excluding hydrogens is 400 g/mol. The third-order valence-electron chi connectivity index (χ3n) is 4.95. The Kier molecular flexibility index (Phi) is 5.76. The average molecular weight is 423 g/mol. The molecule has 0 saturated heterocycles. The van der Waals surface area contributed by atoms with E-state index in [4.69, 9.17) is 4.74 Å². The summed E-state index contributed by atoms with van der Waals surface area (Å²) in [5, 5.41) is 5.43. The summed E-state index contributed by atoms with van der Waals surface area (Å²) in [6, 6.07) is 14.6. The first-order valence-electron chi connectivity index (χ1n) is 9.53. The van der Waals surface area contributed by atoms with Crippen LogP contribution in [0.5, 0.6) is 5.75 Å². The van der Waals surface area contributed by atoms with Crippen LogP contribution in [0.2, 0.25) is 0 Å². The Labute approximate surface area is 178 Å². The van der Waals surface area contributed by atoms with E-state index in [1.807, 2.05) is 66.3 Å². The highest BCUT2D eigenvalue weighted by atomic mass is 32.2. The summed E-state index contributed by atoms with van der Waals surface area (Å²) < 4.78 is 7.35. The number of nitrogens with zero attached hydrogens (tertiary/aromatic N) is 2. The maximum absolute atomic E-state index is 13.0. The number of fused-ring (bicyclic) bond motifs is 1. The Hall–Kier alpha value is -3.26. The van der Waals surface area contributed by atoms with Crippen molar-refractivity contribution in [3.8, 4) is 5.75 Å². The summed E-state index contributed by atoms with van der Waals surface area (Å²) in [4.78, 5) is 30.8. The molecule has 0 bridgehead atoms. The van der Waals surface area contributed by atoms with E-state index in [0.717, 1.165) is 16.1 Å². The number of aryl methyl sites for hydroxylation is 1. The number of benzene rings is 2. The third-order valence-corrected chi connectivity index (χ3v) is 6.22. The Morgan fingerprint density at radius 3 is 2.80 bits per heavy atom. The number of carbonyl (C=O) groups is 2. The zero-order chi connectivity index (χ0) is 21.1. The quantitative estimate of drug-likeness (QED) is 0.638. The normalized spacial score (nSPS) is 16.3. The minimum Gasteiger partial charge on any atom is -0.496 e. The Morgan fingerprint density at radius 2 is 2.03 bits per heavy atom. The Balaban J connectivity index is 1.56. The molecule has 4 rings (SSSR count). The van der Waals surface area contributed by atoms with Crippen LogP contribution in [0.4, 0.5) is 5.69 Å². The first-order chi connectivity index (χ1) is 14.6. The molecule has 2 heterocycles. The molecule has 1 aliphatic heterocycles. The second kappa shape index (κ2) is 8.62. The largest absolute Gasteiger partial charge is 0.496 e. The number of rotatable bonds is 6. The van der Waals surface area contributed by atoms with Crippen molar-refractivity contribution < 1.29 is 14.3 Å². The van der Waals surface area contributed by atoms with E-state index < -0.39 is 11.3 Å². The minimum atomic E-state index is -0.502. The van der Waals surface area contributed by atoms with Gasteiger partial charge in [-0.25, -0.2) is 4.98 Å². The van der Waals surface area contributed by atoms with Gasteiger partial charge in [0, 0.05) is 36.3 Å². The lowest BCUT2D eigenvalue weighted by molar-refractivity contribution is -0.124. The van der Waals surface area contributed by atoms with Crippen molar-refractivity contribution in [3.05, 3.63) is 72.3 Å². The van der Waals surface area contributed by atoms with Gasteiger partial charge in [0.1, 0.15) is 17.6 Å². The van der Waals surface area contributed by atoms with Crippen molar-refractivity contribution in [2.24, 2.45) is 7.05 Å². The number of para-hydroxylation sites is 2. The van der Waals surface area contributed by atoms with Crippen molar-refractivity contribution in [2.75, 3.05) is 12.4 Å². The van der Waals surface area contributed by atoms with Crippen molar-refractivity contribution in [1.82, 2.24) is 14.9 Å². The number of imidazole rings is 1. The summed E-state index contributed by atoms with van der Waals surface area (Å²) in [7, 11) is 3.47. The number of hydrogen-bond acceptors (Lipinski definition) is 5. The second-order valence-corrected chi connectivity index (χ2v) is 8.18. The smallest absolute Gasteiger partial charge is 0.238 e. The van der Waals surface area contributed by atoms with E-state index in [-0.39, 0.29) is 18.2 Å². The zero-order valence-corrected chi connectivity index (χ0v) is 17.5. The predicted molar refractivity (Wildman–Crippen MR) is 116 cm³/mol. The van der Waals surface area contributed by atoms with Gasteiger partial charge in [-0.1, -0.05) is 30.3 Å². The lowest BCUT2D eigenvalue weighted by atomic mass is 10.0. The summed E-state index contributed by atoms with van der Waals surface area (Å²) in [6.45, 7) is 0. The SMILES string of the molecule is COc1ccccc1[C@H](NC(=O)C[C@H]1Sc2ccccc2NC1=O)c1nccn1C. The van der Waals surface area contributed by atoms with Crippen LogP contribution in [-0.2, 0) is 16.6 Å². The molecule has 30 heavy (non-hydrogen) atoms. The van der Waals surface area contributed by atoms with Crippen LogP contribution in [0, 0.1) is 0 Å². The lowest BCUT2D eigenvalue weighted by Crippen LogP contribution is -2.37. The summed E-state index contributed by atoms with van der Waals surface area (Å²) in [5.74, 6) is 0.934. The molecule has 0 aliphatic carbocycles. The molecule has 2 N–H and O–H groups in total. The van der Waals surface area contributed by atoms with Crippen LogP contribution in [0.15, 0.2) is 65.8 Å². The highest BCUT2D eigenvalue weighted by molar-refractivity contribution is 8.01. The van der Waals surface area contributed by atoms with Gasteiger partial charge in [0.15, 0.2) is 0 Å². The number of carbonyl (C=O) groups excluding carboxylic acids is 2. The highest BCUT2D eigenvalue weighted by Gasteiger charge is 2.31. The van der Waals surface area contributed by atoms with Gasteiger partial charge in [0.05, 0.1) is 18.0 Å². The second-order valence-electron chi connectivity index (χ2n) is 6.93. The Morgan fingerprint density at radius 1 is 1.27 bits per heavy atom. The van der Waals surface area contributed by atoms with Crippen LogP contribution in [0.1, 0.15) is 23.9 Å². The number of thioether (sulfide) groups is 1. The average Bonchev–Trinajstić information content (AvgIpc) is 3.18. The van der Waals surface area contributed by atoms with Crippen LogP contribution in [0.3, 0.4) is 0 Å². The Bertz CT molecular complexity index is 1080. The van der Waals surface area contributed by atoms with Gasteiger partial charge >= 0.3 is 0 Å². The number of nitrogens with one attached hydrogen (secondary N) is 2. The first kappa shape index (κ1) is 20.0. The zero-order valence-electron chi connectivity index (χ0n) is 16.7.